The van der Waals surface area contributed by atoms with E-state index in [1.54, 1.807) is 11.0 Å². The number of hydrogen-bond donors (Lipinski definition) is 0. The summed E-state index contributed by atoms with van der Waals surface area (Å²) in [5, 5.41) is 0. The second kappa shape index (κ2) is 5.16. The highest BCUT2D eigenvalue weighted by Gasteiger charge is 2.20. The lowest BCUT2D eigenvalue weighted by atomic mass is 10.2. The first-order valence-corrected chi connectivity index (χ1v) is 5.73. The van der Waals surface area contributed by atoms with Crippen molar-refractivity contribution in [1.29, 1.82) is 0 Å². The van der Waals surface area contributed by atoms with Crippen molar-refractivity contribution in [2.45, 2.75) is 0 Å². The second-order valence-corrected chi connectivity index (χ2v) is 4.11. The number of carbonyl (C=O) groups excluding carboxylic acids is 1. The molecule has 0 atom stereocenters. The number of nitrogens with zero attached hydrogens (tertiary/aromatic N) is 2. The minimum atomic E-state index is -0.850. The molecule has 0 radical (unpaired) electrons. The number of carbonyl (C=O) groups is 1. The lowest BCUT2D eigenvalue weighted by Gasteiger charge is -2.35. The zero-order valence-corrected chi connectivity index (χ0v) is 9.90. The molecular formula is C13H14F2N2O. The summed E-state index contributed by atoms with van der Waals surface area (Å²) < 4.78 is 25.9. The molecule has 0 N–H and O–H groups in total. The van der Waals surface area contributed by atoms with Crippen LogP contribution in [0.4, 0.5) is 14.5 Å². The molecule has 0 spiro atoms. The summed E-state index contributed by atoms with van der Waals surface area (Å²) in [6.45, 7) is 5.76. The van der Waals surface area contributed by atoms with Gasteiger partial charge in [0.05, 0.1) is 0 Å². The molecule has 1 aliphatic rings. The maximum atomic E-state index is 13.1. The number of anilines is 1. The predicted octanol–water partition coefficient (Wildman–Crippen LogP) is 1.80. The second-order valence-electron chi connectivity index (χ2n) is 4.11. The highest BCUT2D eigenvalue weighted by molar-refractivity contribution is 5.87. The van der Waals surface area contributed by atoms with Gasteiger partial charge in [0.2, 0.25) is 5.91 Å². The Morgan fingerprint density at radius 1 is 1.17 bits per heavy atom. The molecule has 1 aromatic carbocycles. The van der Waals surface area contributed by atoms with Crippen LogP contribution in [-0.2, 0) is 4.79 Å². The zero-order chi connectivity index (χ0) is 13.1. The quantitative estimate of drug-likeness (QED) is 0.749. The molecular weight excluding hydrogens is 238 g/mol. The maximum Gasteiger partial charge on any atom is 0.246 e. The van der Waals surface area contributed by atoms with Crippen molar-refractivity contribution in [3.63, 3.8) is 0 Å². The van der Waals surface area contributed by atoms with E-state index in [1.165, 1.54) is 12.1 Å². The van der Waals surface area contributed by atoms with Crippen LogP contribution in [0.3, 0.4) is 0 Å². The molecule has 1 heterocycles. The Labute approximate surface area is 104 Å². The number of hydrogen-bond acceptors (Lipinski definition) is 2. The molecule has 96 valence electrons. The van der Waals surface area contributed by atoms with E-state index in [4.69, 9.17) is 0 Å². The summed E-state index contributed by atoms with van der Waals surface area (Å²) in [7, 11) is 0. The van der Waals surface area contributed by atoms with Crippen LogP contribution in [0, 0.1) is 11.6 Å². The normalized spacial score (nSPS) is 15.7. The number of halogens is 2. The first-order valence-electron chi connectivity index (χ1n) is 5.73. The SMILES string of the molecule is C=CC(=O)N1CCN(c2ccc(F)c(F)c2)CC1. The van der Waals surface area contributed by atoms with Gasteiger partial charge in [-0.3, -0.25) is 4.79 Å². The van der Waals surface area contributed by atoms with E-state index in [0.29, 0.717) is 31.9 Å². The summed E-state index contributed by atoms with van der Waals surface area (Å²) in [6.07, 6.45) is 1.28. The van der Waals surface area contributed by atoms with Crippen LogP contribution in [0.2, 0.25) is 0 Å². The summed E-state index contributed by atoms with van der Waals surface area (Å²) in [5.41, 5.74) is 0.639. The van der Waals surface area contributed by atoms with Crippen LogP contribution >= 0.6 is 0 Å². The molecule has 0 unspecified atom stereocenters. The topological polar surface area (TPSA) is 23.6 Å². The highest BCUT2D eigenvalue weighted by Crippen LogP contribution is 2.19. The minimum absolute atomic E-state index is 0.0973. The third kappa shape index (κ3) is 2.50. The van der Waals surface area contributed by atoms with Gasteiger partial charge in [-0.25, -0.2) is 8.78 Å². The first-order chi connectivity index (χ1) is 8.61. The first kappa shape index (κ1) is 12.5. The van der Waals surface area contributed by atoms with Gasteiger partial charge < -0.3 is 9.80 Å². The van der Waals surface area contributed by atoms with Crippen molar-refractivity contribution < 1.29 is 13.6 Å². The van der Waals surface area contributed by atoms with Gasteiger partial charge in [-0.2, -0.15) is 0 Å². The highest BCUT2D eigenvalue weighted by atomic mass is 19.2. The molecule has 5 heteroatoms. The third-order valence-corrected chi connectivity index (χ3v) is 3.03. The molecule has 1 aliphatic heterocycles. The third-order valence-electron chi connectivity index (χ3n) is 3.03. The van der Waals surface area contributed by atoms with E-state index in [2.05, 4.69) is 6.58 Å². The van der Waals surface area contributed by atoms with Crippen molar-refractivity contribution in [1.82, 2.24) is 4.90 Å². The number of piperazine rings is 1. The van der Waals surface area contributed by atoms with E-state index in [-0.39, 0.29) is 5.91 Å². The molecule has 0 bridgehead atoms. The van der Waals surface area contributed by atoms with Gasteiger partial charge in [0, 0.05) is 37.9 Å². The molecule has 1 saturated heterocycles. The summed E-state index contributed by atoms with van der Waals surface area (Å²) in [5.74, 6) is -1.80. The minimum Gasteiger partial charge on any atom is -0.368 e. The lowest BCUT2D eigenvalue weighted by Crippen LogP contribution is -2.48. The van der Waals surface area contributed by atoms with E-state index >= 15 is 0 Å². The Kier molecular flexibility index (Phi) is 3.60. The number of rotatable bonds is 2. The fraction of sp³-hybridized carbons (Fsp3) is 0.308. The Bertz CT molecular complexity index is 468. The Morgan fingerprint density at radius 2 is 1.83 bits per heavy atom. The average molecular weight is 252 g/mol. The van der Waals surface area contributed by atoms with Gasteiger partial charge in [-0.05, 0) is 18.2 Å². The zero-order valence-electron chi connectivity index (χ0n) is 9.90. The van der Waals surface area contributed by atoms with Gasteiger partial charge in [-0.15, -0.1) is 0 Å². The van der Waals surface area contributed by atoms with Crippen LogP contribution in [0.15, 0.2) is 30.9 Å². The Hall–Kier alpha value is -1.91. The average Bonchev–Trinajstić information content (AvgIpc) is 2.41. The fourth-order valence-corrected chi connectivity index (χ4v) is 2.00. The van der Waals surface area contributed by atoms with E-state index in [9.17, 15) is 13.6 Å². The number of amides is 1. The monoisotopic (exact) mass is 252 g/mol. The van der Waals surface area contributed by atoms with Crippen LogP contribution in [0.25, 0.3) is 0 Å². The van der Waals surface area contributed by atoms with Crippen molar-refractivity contribution in [2.75, 3.05) is 31.1 Å². The van der Waals surface area contributed by atoms with Gasteiger partial charge in [0.15, 0.2) is 11.6 Å². The van der Waals surface area contributed by atoms with E-state index in [0.717, 1.165) is 6.07 Å². The van der Waals surface area contributed by atoms with Crippen molar-refractivity contribution in [2.24, 2.45) is 0 Å². The van der Waals surface area contributed by atoms with Crippen LogP contribution in [-0.4, -0.2) is 37.0 Å². The molecule has 2 rings (SSSR count). The van der Waals surface area contributed by atoms with Gasteiger partial charge in [-0.1, -0.05) is 6.58 Å². The molecule has 1 aromatic rings. The Balaban J connectivity index is 2.03. The molecule has 0 aliphatic carbocycles. The smallest absolute Gasteiger partial charge is 0.246 e. The van der Waals surface area contributed by atoms with E-state index in [1.807, 2.05) is 4.90 Å². The van der Waals surface area contributed by atoms with Crippen LogP contribution < -0.4 is 4.90 Å². The largest absolute Gasteiger partial charge is 0.368 e. The summed E-state index contributed by atoms with van der Waals surface area (Å²) >= 11 is 0. The van der Waals surface area contributed by atoms with Gasteiger partial charge >= 0.3 is 0 Å². The standard InChI is InChI=1S/C13H14F2N2O/c1-2-13(18)17-7-5-16(6-8-17)10-3-4-11(14)12(15)9-10/h2-4,9H,1,5-8H2. The molecule has 18 heavy (non-hydrogen) atoms. The predicted molar refractivity (Wildman–Crippen MR) is 65.3 cm³/mol. The van der Waals surface area contributed by atoms with Crippen molar-refractivity contribution in [3.05, 3.63) is 42.5 Å². The van der Waals surface area contributed by atoms with Gasteiger partial charge in [0.1, 0.15) is 0 Å². The fourth-order valence-electron chi connectivity index (χ4n) is 2.00. The summed E-state index contributed by atoms with van der Waals surface area (Å²) in [6, 6.07) is 3.84. The number of benzene rings is 1. The molecule has 0 aromatic heterocycles. The van der Waals surface area contributed by atoms with Crippen molar-refractivity contribution in [3.8, 4) is 0 Å². The molecule has 1 amide bonds. The summed E-state index contributed by atoms with van der Waals surface area (Å²) in [4.78, 5) is 15.0. The van der Waals surface area contributed by atoms with Crippen LogP contribution in [0.1, 0.15) is 0 Å². The molecule has 1 fully saturated rings. The maximum absolute atomic E-state index is 13.1. The molecule has 0 saturated carbocycles. The lowest BCUT2D eigenvalue weighted by molar-refractivity contribution is -0.126. The van der Waals surface area contributed by atoms with Crippen molar-refractivity contribution >= 4 is 11.6 Å². The molecule has 3 nitrogen and oxygen atoms in total. The van der Waals surface area contributed by atoms with Crippen LogP contribution in [0.5, 0.6) is 0 Å². The van der Waals surface area contributed by atoms with E-state index < -0.39 is 11.6 Å². The van der Waals surface area contributed by atoms with Gasteiger partial charge in [0.25, 0.3) is 0 Å². The Morgan fingerprint density at radius 3 is 2.39 bits per heavy atom.